The molecule has 0 radical (unpaired) electrons. The van der Waals surface area contributed by atoms with Crippen LogP contribution in [0.3, 0.4) is 0 Å². The number of carbonyl (C=O) groups excluding carboxylic acids is 4. The van der Waals surface area contributed by atoms with Crippen molar-refractivity contribution >= 4 is 39.5 Å². The molecule has 0 saturated heterocycles. The van der Waals surface area contributed by atoms with Crippen molar-refractivity contribution in [3.05, 3.63) is 0 Å². The molecule has 7 atom stereocenters. The van der Waals surface area contributed by atoms with Crippen LogP contribution in [-0.2, 0) is 65.4 Å². The average Bonchev–Trinajstić information content (AvgIpc) is 3.70. The summed E-state index contributed by atoms with van der Waals surface area (Å²) >= 11 is 0. The van der Waals surface area contributed by atoms with Crippen LogP contribution >= 0.6 is 15.6 Å². The number of ether oxygens (including phenoxy) is 4. The van der Waals surface area contributed by atoms with Gasteiger partial charge in [-0.2, -0.15) is 0 Å². The number of phosphoric ester groups is 2. The Labute approximate surface area is 549 Å². The van der Waals surface area contributed by atoms with Gasteiger partial charge in [-0.25, -0.2) is 9.13 Å². The topological polar surface area (TPSA) is 237 Å². The number of rotatable bonds is 68. The molecule has 17 nitrogen and oxygen atoms in total. The Morgan fingerprint density at radius 3 is 0.789 bits per heavy atom. The molecule has 0 aromatic rings. The van der Waals surface area contributed by atoms with Crippen molar-refractivity contribution < 1.29 is 80.2 Å². The lowest BCUT2D eigenvalue weighted by atomic mass is 9.99. The van der Waals surface area contributed by atoms with Gasteiger partial charge in [-0.15, -0.1) is 0 Å². The molecule has 0 aliphatic rings. The number of hydrogen-bond acceptors (Lipinski definition) is 15. The molecule has 3 N–H and O–H groups in total. The van der Waals surface area contributed by atoms with Crippen LogP contribution in [0.4, 0.5) is 0 Å². The number of unbranched alkanes of at least 4 members (excludes halogenated alkanes) is 32. The Morgan fingerprint density at radius 2 is 0.533 bits per heavy atom. The zero-order valence-electron chi connectivity index (χ0n) is 58.8. The van der Waals surface area contributed by atoms with E-state index in [0.717, 1.165) is 114 Å². The highest BCUT2D eigenvalue weighted by atomic mass is 31.2. The third-order valence-corrected chi connectivity index (χ3v) is 18.9. The number of hydrogen-bond donors (Lipinski definition) is 3. The fourth-order valence-electron chi connectivity index (χ4n) is 10.6. The Morgan fingerprint density at radius 1 is 0.311 bits per heavy atom. The molecule has 0 heterocycles. The van der Waals surface area contributed by atoms with Gasteiger partial charge in [0.2, 0.25) is 0 Å². The molecule has 0 saturated carbocycles. The highest BCUT2D eigenvalue weighted by Crippen LogP contribution is 2.45. The van der Waals surface area contributed by atoms with Gasteiger partial charge in [-0.05, 0) is 49.4 Å². The van der Waals surface area contributed by atoms with Gasteiger partial charge in [0, 0.05) is 25.7 Å². The summed E-state index contributed by atoms with van der Waals surface area (Å²) in [6, 6.07) is 0. The zero-order chi connectivity index (χ0) is 66.8. The van der Waals surface area contributed by atoms with Crippen molar-refractivity contribution in [1.29, 1.82) is 0 Å². The Balaban J connectivity index is 5.20. The predicted octanol–water partition coefficient (Wildman–Crippen LogP) is 20.1. The first kappa shape index (κ1) is 88.1. The summed E-state index contributed by atoms with van der Waals surface area (Å²) in [6.07, 6.45) is 43.2. The summed E-state index contributed by atoms with van der Waals surface area (Å²) in [6.45, 7) is 14.1. The monoisotopic (exact) mass is 1320 g/mol. The smallest absolute Gasteiger partial charge is 0.462 e. The summed E-state index contributed by atoms with van der Waals surface area (Å²) in [5, 5.41) is 10.6. The van der Waals surface area contributed by atoms with Gasteiger partial charge in [0.25, 0.3) is 0 Å². The molecule has 0 rings (SSSR count). The van der Waals surface area contributed by atoms with E-state index in [1.54, 1.807) is 0 Å². The second-order valence-electron chi connectivity index (χ2n) is 27.1. The van der Waals surface area contributed by atoms with Crippen molar-refractivity contribution in [2.75, 3.05) is 39.6 Å². The second kappa shape index (κ2) is 60.7. The van der Waals surface area contributed by atoms with Gasteiger partial charge in [0.1, 0.15) is 19.3 Å². The number of aliphatic hydroxyl groups is 1. The van der Waals surface area contributed by atoms with E-state index >= 15 is 0 Å². The lowest BCUT2D eigenvalue weighted by molar-refractivity contribution is -0.161. The fourth-order valence-corrected chi connectivity index (χ4v) is 12.2. The molecular formula is C71H138O17P2. The first-order valence-electron chi connectivity index (χ1n) is 36.8. The summed E-state index contributed by atoms with van der Waals surface area (Å²) in [7, 11) is -9.90. The molecule has 0 fully saturated rings. The van der Waals surface area contributed by atoms with E-state index in [1.807, 2.05) is 0 Å². The van der Waals surface area contributed by atoms with Crippen LogP contribution in [0, 0.1) is 23.7 Å². The minimum Gasteiger partial charge on any atom is -0.462 e. The molecule has 0 aromatic carbocycles. The maximum atomic E-state index is 13.0. The van der Waals surface area contributed by atoms with Gasteiger partial charge in [0.15, 0.2) is 12.2 Å². The van der Waals surface area contributed by atoms with E-state index in [4.69, 9.17) is 37.0 Å². The minimum atomic E-state index is -4.95. The predicted molar refractivity (Wildman–Crippen MR) is 363 cm³/mol. The van der Waals surface area contributed by atoms with Crippen molar-refractivity contribution in [2.45, 2.75) is 369 Å². The van der Waals surface area contributed by atoms with Crippen LogP contribution < -0.4 is 0 Å². The number of esters is 4. The Kier molecular flexibility index (Phi) is 59.4. The van der Waals surface area contributed by atoms with E-state index in [2.05, 4.69) is 55.4 Å². The fraction of sp³-hybridized carbons (Fsp3) is 0.944. The number of phosphoric acid groups is 2. The lowest BCUT2D eigenvalue weighted by Crippen LogP contribution is -2.30. The molecule has 0 aliphatic heterocycles. The first-order valence-corrected chi connectivity index (χ1v) is 39.8. The second-order valence-corrected chi connectivity index (χ2v) is 30.0. The van der Waals surface area contributed by atoms with E-state index in [9.17, 15) is 43.2 Å². The van der Waals surface area contributed by atoms with E-state index in [1.165, 1.54) is 148 Å². The van der Waals surface area contributed by atoms with Gasteiger partial charge in [-0.3, -0.25) is 37.3 Å². The van der Waals surface area contributed by atoms with Gasteiger partial charge >= 0.3 is 39.5 Å². The van der Waals surface area contributed by atoms with Crippen LogP contribution in [0.1, 0.15) is 351 Å². The summed E-state index contributed by atoms with van der Waals surface area (Å²) < 4.78 is 68.3. The average molecular weight is 1330 g/mol. The quantitative estimate of drug-likeness (QED) is 0.0222. The Hall–Kier alpha value is -1.94. The zero-order valence-corrected chi connectivity index (χ0v) is 60.6. The van der Waals surface area contributed by atoms with Gasteiger partial charge < -0.3 is 33.8 Å². The largest absolute Gasteiger partial charge is 0.472 e. The Bertz CT molecular complexity index is 1790. The SMILES string of the molecule is CCC(C)CCCCCCCCCCC(=O)O[C@H](COC(=O)CCCCCCCCCC(C)C)COP(=O)(O)OCC(O)COP(=O)(O)OC[C@@H](COC(=O)CCCCCCCCCCCCCCCCCC(C)C)OC(=O)CCCCCCCCC(C)CC. The molecule has 0 bridgehead atoms. The van der Waals surface area contributed by atoms with Crippen LogP contribution in [0.25, 0.3) is 0 Å². The molecule has 19 heteroatoms. The highest BCUT2D eigenvalue weighted by molar-refractivity contribution is 7.47. The first-order chi connectivity index (χ1) is 43.2. The van der Waals surface area contributed by atoms with Gasteiger partial charge in [0.05, 0.1) is 26.4 Å². The third kappa shape index (κ3) is 62.2. The standard InChI is InChI=1S/C71H138O17P2/c1-9-63(7)49-41-33-25-20-21-27-37-45-53-70(75)87-66(57-82-69(74)52-44-36-28-22-24-32-40-48-62(5)6)59-85-89(77,78)83-55-65(72)56-84-90(79,80)86-60-67(88-71(76)54-46-38-30-29-34-42-50-64(8)10-2)58-81-68(73)51-43-35-26-19-17-15-13-11-12-14-16-18-23-31-39-47-61(3)4/h61-67,72H,9-60H2,1-8H3,(H,77,78)(H,79,80)/t63?,64?,65?,66-,67-/m1/s1. The molecule has 90 heavy (non-hydrogen) atoms. The summed E-state index contributed by atoms with van der Waals surface area (Å²) in [5.41, 5.74) is 0. The number of carbonyl (C=O) groups is 4. The maximum Gasteiger partial charge on any atom is 0.472 e. The molecule has 0 aromatic heterocycles. The normalized spacial score (nSPS) is 14.9. The molecule has 0 spiro atoms. The van der Waals surface area contributed by atoms with Crippen LogP contribution in [-0.4, -0.2) is 96.7 Å². The minimum absolute atomic E-state index is 0.103. The van der Waals surface area contributed by atoms with Crippen molar-refractivity contribution in [1.82, 2.24) is 0 Å². The van der Waals surface area contributed by atoms with Crippen LogP contribution in [0.2, 0.25) is 0 Å². The lowest BCUT2D eigenvalue weighted by Gasteiger charge is -2.21. The van der Waals surface area contributed by atoms with Crippen molar-refractivity contribution in [3.63, 3.8) is 0 Å². The third-order valence-electron chi connectivity index (χ3n) is 17.0. The molecule has 0 aliphatic carbocycles. The van der Waals surface area contributed by atoms with E-state index in [-0.39, 0.29) is 25.7 Å². The highest BCUT2D eigenvalue weighted by Gasteiger charge is 2.30. The van der Waals surface area contributed by atoms with E-state index in [0.29, 0.717) is 31.6 Å². The molecule has 0 amide bonds. The van der Waals surface area contributed by atoms with E-state index < -0.39 is 97.5 Å². The number of aliphatic hydroxyl groups excluding tert-OH is 1. The summed E-state index contributed by atoms with van der Waals surface area (Å²) in [4.78, 5) is 72.5. The van der Waals surface area contributed by atoms with Crippen molar-refractivity contribution in [3.8, 4) is 0 Å². The van der Waals surface area contributed by atoms with Crippen LogP contribution in [0.15, 0.2) is 0 Å². The van der Waals surface area contributed by atoms with Crippen molar-refractivity contribution in [2.24, 2.45) is 23.7 Å². The molecule has 534 valence electrons. The van der Waals surface area contributed by atoms with Gasteiger partial charge in [-0.1, -0.05) is 299 Å². The molecule has 5 unspecified atom stereocenters. The maximum absolute atomic E-state index is 13.0. The van der Waals surface area contributed by atoms with Crippen LogP contribution in [0.5, 0.6) is 0 Å². The molecular weight excluding hydrogens is 1190 g/mol. The summed E-state index contributed by atoms with van der Waals surface area (Å²) in [5.74, 6) is 0.868.